The summed E-state index contributed by atoms with van der Waals surface area (Å²) in [5.74, 6) is 1.12. The first-order valence-electron chi connectivity index (χ1n) is 5.50. The Morgan fingerprint density at radius 1 is 1.37 bits per heavy atom. The summed E-state index contributed by atoms with van der Waals surface area (Å²) in [6.07, 6.45) is 1.35. The molecule has 1 aromatic carbocycles. The van der Waals surface area contributed by atoms with E-state index in [4.69, 9.17) is 9.47 Å². The van der Waals surface area contributed by atoms with Gasteiger partial charge in [-0.3, -0.25) is 4.79 Å². The van der Waals surface area contributed by atoms with Gasteiger partial charge in [0.2, 0.25) is 5.01 Å². The van der Waals surface area contributed by atoms with E-state index in [1.54, 1.807) is 20.3 Å². The summed E-state index contributed by atoms with van der Waals surface area (Å²) in [7, 11) is 3.16. The van der Waals surface area contributed by atoms with E-state index >= 15 is 0 Å². The van der Waals surface area contributed by atoms with E-state index in [1.807, 2.05) is 12.1 Å². The third kappa shape index (κ3) is 3.19. The van der Waals surface area contributed by atoms with Gasteiger partial charge in [-0.15, -0.1) is 0 Å². The molecule has 6 nitrogen and oxygen atoms in total. The average Bonchev–Trinajstić information content (AvgIpc) is 2.98. The van der Waals surface area contributed by atoms with Gasteiger partial charge in [-0.25, -0.2) is 4.98 Å². The molecule has 1 N–H and O–H groups in total. The highest BCUT2D eigenvalue weighted by Gasteiger charge is 2.11. The number of rotatable bonds is 5. The van der Waals surface area contributed by atoms with Crippen LogP contribution < -0.4 is 14.8 Å². The van der Waals surface area contributed by atoms with Crippen molar-refractivity contribution in [3.05, 3.63) is 35.1 Å². The van der Waals surface area contributed by atoms with Crippen LogP contribution in [-0.4, -0.2) is 29.5 Å². The number of methoxy groups -OCH3 is 2. The second-order valence-corrected chi connectivity index (χ2v) is 4.39. The van der Waals surface area contributed by atoms with Gasteiger partial charge in [-0.1, -0.05) is 0 Å². The highest BCUT2D eigenvalue weighted by atomic mass is 32.1. The summed E-state index contributed by atoms with van der Waals surface area (Å²) in [6, 6.07) is 5.43. The van der Waals surface area contributed by atoms with Crippen LogP contribution in [0.25, 0.3) is 0 Å². The number of carbonyl (C=O) groups is 1. The first-order chi connectivity index (χ1) is 9.24. The molecule has 1 amide bonds. The molecule has 0 fully saturated rings. The van der Waals surface area contributed by atoms with Crippen molar-refractivity contribution in [1.29, 1.82) is 0 Å². The summed E-state index contributed by atoms with van der Waals surface area (Å²) in [5, 5.41) is 3.10. The lowest BCUT2D eigenvalue weighted by Crippen LogP contribution is -2.22. The maximum absolute atomic E-state index is 11.7. The van der Waals surface area contributed by atoms with Crippen LogP contribution >= 0.6 is 11.5 Å². The average molecular weight is 279 g/mol. The standard InChI is InChI=1S/C12H13N3O3S/c1-17-9-4-3-8(10(5-9)18-2)6-13-11(16)12-14-7-15-19-12/h3-5,7H,6H2,1-2H3,(H,13,16). The van der Waals surface area contributed by atoms with E-state index in [0.717, 1.165) is 17.1 Å². The fourth-order valence-electron chi connectivity index (χ4n) is 1.52. The number of ether oxygens (including phenoxy) is 2. The molecule has 1 aromatic heterocycles. The van der Waals surface area contributed by atoms with Crippen molar-refractivity contribution in [2.24, 2.45) is 0 Å². The lowest BCUT2D eigenvalue weighted by molar-refractivity contribution is 0.0950. The Kier molecular flexibility index (Phi) is 4.30. The molecule has 0 bridgehead atoms. The topological polar surface area (TPSA) is 73.3 Å². The Morgan fingerprint density at radius 3 is 2.84 bits per heavy atom. The summed E-state index contributed by atoms with van der Waals surface area (Å²) in [4.78, 5) is 15.6. The van der Waals surface area contributed by atoms with E-state index in [9.17, 15) is 4.79 Å². The van der Waals surface area contributed by atoms with Gasteiger partial charge in [0, 0.05) is 18.2 Å². The second kappa shape index (κ2) is 6.14. The van der Waals surface area contributed by atoms with Crippen molar-refractivity contribution in [3.63, 3.8) is 0 Å². The predicted molar refractivity (Wildman–Crippen MR) is 70.6 cm³/mol. The van der Waals surface area contributed by atoms with Gasteiger partial charge in [0.1, 0.15) is 17.8 Å². The molecule has 7 heteroatoms. The van der Waals surface area contributed by atoms with Crippen molar-refractivity contribution in [3.8, 4) is 11.5 Å². The third-order valence-electron chi connectivity index (χ3n) is 2.49. The Balaban J connectivity index is 2.05. The molecule has 0 aliphatic heterocycles. The van der Waals surface area contributed by atoms with Crippen LogP contribution in [0.3, 0.4) is 0 Å². The molecule has 2 rings (SSSR count). The van der Waals surface area contributed by atoms with E-state index in [0.29, 0.717) is 23.1 Å². The SMILES string of the molecule is COc1ccc(CNC(=O)c2ncns2)c(OC)c1. The fraction of sp³-hybridized carbons (Fsp3) is 0.250. The van der Waals surface area contributed by atoms with E-state index < -0.39 is 0 Å². The van der Waals surface area contributed by atoms with Gasteiger partial charge in [0.05, 0.1) is 14.2 Å². The molecular formula is C12H13N3O3S. The normalized spacial score (nSPS) is 10.0. The van der Waals surface area contributed by atoms with E-state index in [-0.39, 0.29) is 5.91 Å². The van der Waals surface area contributed by atoms with Gasteiger partial charge < -0.3 is 14.8 Å². The highest BCUT2D eigenvalue weighted by molar-refractivity contribution is 7.07. The summed E-state index contributed by atoms with van der Waals surface area (Å²) >= 11 is 1.06. The van der Waals surface area contributed by atoms with E-state index in [2.05, 4.69) is 14.7 Å². The van der Waals surface area contributed by atoms with Crippen molar-refractivity contribution in [2.45, 2.75) is 6.54 Å². The van der Waals surface area contributed by atoms with Crippen LogP contribution in [0.15, 0.2) is 24.5 Å². The van der Waals surface area contributed by atoms with Crippen molar-refractivity contribution >= 4 is 17.4 Å². The Hall–Kier alpha value is -2.15. The maximum Gasteiger partial charge on any atom is 0.282 e. The number of hydrogen-bond donors (Lipinski definition) is 1. The molecule has 0 aliphatic rings. The molecule has 19 heavy (non-hydrogen) atoms. The van der Waals surface area contributed by atoms with Gasteiger partial charge in [-0.2, -0.15) is 4.37 Å². The zero-order chi connectivity index (χ0) is 13.7. The zero-order valence-electron chi connectivity index (χ0n) is 10.5. The van der Waals surface area contributed by atoms with Crippen LogP contribution in [0.2, 0.25) is 0 Å². The number of benzene rings is 1. The molecule has 0 radical (unpaired) electrons. The zero-order valence-corrected chi connectivity index (χ0v) is 11.4. The number of amides is 1. The number of nitrogens with one attached hydrogen (secondary N) is 1. The van der Waals surface area contributed by atoms with Crippen LogP contribution in [0.5, 0.6) is 11.5 Å². The second-order valence-electron chi connectivity index (χ2n) is 3.61. The highest BCUT2D eigenvalue weighted by Crippen LogP contribution is 2.24. The third-order valence-corrected chi connectivity index (χ3v) is 3.15. The molecule has 0 unspecified atom stereocenters. The predicted octanol–water partition coefficient (Wildman–Crippen LogP) is 1.49. The number of aromatic nitrogens is 2. The first kappa shape index (κ1) is 13.3. The maximum atomic E-state index is 11.7. The van der Waals surface area contributed by atoms with Gasteiger partial charge in [-0.05, 0) is 23.7 Å². The molecule has 0 atom stereocenters. The first-order valence-corrected chi connectivity index (χ1v) is 6.27. The summed E-state index contributed by atoms with van der Waals surface area (Å²) in [6.45, 7) is 0.353. The molecule has 100 valence electrons. The van der Waals surface area contributed by atoms with E-state index in [1.165, 1.54) is 6.33 Å². The molecular weight excluding hydrogens is 266 g/mol. The van der Waals surface area contributed by atoms with Crippen molar-refractivity contribution < 1.29 is 14.3 Å². The van der Waals surface area contributed by atoms with Crippen LogP contribution in [0.1, 0.15) is 15.4 Å². The molecule has 2 aromatic rings. The molecule has 0 saturated carbocycles. The molecule has 0 aliphatic carbocycles. The number of carbonyl (C=O) groups excluding carboxylic acids is 1. The lowest BCUT2D eigenvalue weighted by Gasteiger charge is -2.10. The smallest absolute Gasteiger partial charge is 0.282 e. The largest absolute Gasteiger partial charge is 0.497 e. The van der Waals surface area contributed by atoms with Gasteiger partial charge >= 0.3 is 0 Å². The molecule has 1 heterocycles. The Morgan fingerprint density at radius 2 is 2.21 bits per heavy atom. The summed E-state index contributed by atoms with van der Waals surface area (Å²) in [5.41, 5.74) is 0.862. The summed E-state index contributed by atoms with van der Waals surface area (Å²) < 4.78 is 14.1. The quantitative estimate of drug-likeness (QED) is 0.897. The van der Waals surface area contributed by atoms with Crippen LogP contribution in [-0.2, 0) is 6.54 Å². The van der Waals surface area contributed by atoms with Crippen LogP contribution in [0, 0.1) is 0 Å². The lowest BCUT2D eigenvalue weighted by atomic mass is 10.2. The fourth-order valence-corrected chi connectivity index (χ4v) is 1.97. The van der Waals surface area contributed by atoms with Crippen molar-refractivity contribution in [1.82, 2.24) is 14.7 Å². The Bertz CT molecular complexity index is 557. The number of nitrogens with zero attached hydrogens (tertiary/aromatic N) is 2. The molecule has 0 saturated heterocycles. The molecule has 0 spiro atoms. The van der Waals surface area contributed by atoms with Crippen molar-refractivity contribution in [2.75, 3.05) is 14.2 Å². The minimum atomic E-state index is -0.250. The Labute approximate surface area is 114 Å². The number of hydrogen-bond acceptors (Lipinski definition) is 6. The van der Waals surface area contributed by atoms with Crippen LogP contribution in [0.4, 0.5) is 0 Å². The van der Waals surface area contributed by atoms with Gasteiger partial charge in [0.15, 0.2) is 0 Å². The van der Waals surface area contributed by atoms with Gasteiger partial charge in [0.25, 0.3) is 5.91 Å². The monoisotopic (exact) mass is 279 g/mol. The minimum Gasteiger partial charge on any atom is -0.497 e. The minimum absolute atomic E-state index is 0.250.